The lowest BCUT2D eigenvalue weighted by molar-refractivity contribution is 0.0976. The van der Waals surface area contributed by atoms with Crippen LogP contribution in [-0.2, 0) is 13.0 Å². The first kappa shape index (κ1) is 17.2. The van der Waals surface area contributed by atoms with Crippen molar-refractivity contribution in [3.63, 3.8) is 0 Å². The quantitative estimate of drug-likeness (QED) is 0.766. The Morgan fingerprint density at radius 2 is 2.00 bits per heavy atom. The van der Waals surface area contributed by atoms with Gasteiger partial charge in [-0.25, -0.2) is 9.97 Å². The standard InChI is InChI=1S/C22H22N4O/c1-15-6-5-7-17(10-15)12-24-21-14-23-19(13-25-21)22(27)26-16(2)11-18-8-3-4-9-20(18)26/h3-10,13-14,16H,11-12H2,1-2H3,(H,24,25). The Kier molecular flexibility index (Phi) is 4.59. The molecular weight excluding hydrogens is 336 g/mol. The number of nitrogens with zero attached hydrogens (tertiary/aromatic N) is 3. The predicted octanol–water partition coefficient (Wildman–Crippen LogP) is 3.99. The molecule has 1 aromatic heterocycles. The molecule has 1 amide bonds. The number of anilines is 2. The van der Waals surface area contributed by atoms with Crippen LogP contribution in [0.25, 0.3) is 0 Å². The molecule has 2 heterocycles. The van der Waals surface area contributed by atoms with E-state index in [4.69, 9.17) is 0 Å². The van der Waals surface area contributed by atoms with Crippen LogP contribution < -0.4 is 10.2 Å². The number of aryl methyl sites for hydroxylation is 1. The minimum Gasteiger partial charge on any atom is -0.365 e. The van der Waals surface area contributed by atoms with Crippen molar-refractivity contribution in [1.82, 2.24) is 9.97 Å². The Labute approximate surface area is 159 Å². The number of fused-ring (bicyclic) bond motifs is 1. The maximum atomic E-state index is 13.0. The van der Waals surface area contributed by atoms with Crippen LogP contribution in [0.2, 0.25) is 0 Å². The molecule has 4 rings (SSSR count). The zero-order chi connectivity index (χ0) is 18.8. The second kappa shape index (κ2) is 7.19. The van der Waals surface area contributed by atoms with Gasteiger partial charge in [-0.2, -0.15) is 0 Å². The molecule has 0 aliphatic carbocycles. The number of para-hydroxylation sites is 1. The highest BCUT2D eigenvalue weighted by Gasteiger charge is 2.31. The lowest BCUT2D eigenvalue weighted by atomic mass is 10.1. The summed E-state index contributed by atoms with van der Waals surface area (Å²) in [4.78, 5) is 23.5. The Morgan fingerprint density at radius 3 is 2.78 bits per heavy atom. The van der Waals surface area contributed by atoms with Crippen molar-refractivity contribution in [2.24, 2.45) is 0 Å². The first-order valence-corrected chi connectivity index (χ1v) is 9.15. The lowest BCUT2D eigenvalue weighted by Crippen LogP contribution is -2.36. The number of carbonyl (C=O) groups is 1. The van der Waals surface area contributed by atoms with Crippen molar-refractivity contribution in [1.29, 1.82) is 0 Å². The summed E-state index contributed by atoms with van der Waals surface area (Å²) < 4.78 is 0. The highest BCUT2D eigenvalue weighted by atomic mass is 16.2. The average Bonchev–Trinajstić information content (AvgIpc) is 3.02. The molecule has 0 spiro atoms. The summed E-state index contributed by atoms with van der Waals surface area (Å²) >= 11 is 0. The largest absolute Gasteiger partial charge is 0.365 e. The van der Waals surface area contributed by atoms with Gasteiger partial charge >= 0.3 is 0 Å². The van der Waals surface area contributed by atoms with Crippen molar-refractivity contribution in [3.05, 3.63) is 83.3 Å². The first-order valence-electron chi connectivity index (χ1n) is 9.15. The van der Waals surface area contributed by atoms with E-state index in [2.05, 4.69) is 53.4 Å². The van der Waals surface area contributed by atoms with E-state index in [0.29, 0.717) is 18.1 Å². The molecule has 1 N–H and O–H groups in total. The molecule has 0 saturated carbocycles. The van der Waals surface area contributed by atoms with Gasteiger partial charge in [0.15, 0.2) is 0 Å². The number of nitrogens with one attached hydrogen (secondary N) is 1. The Morgan fingerprint density at radius 1 is 1.15 bits per heavy atom. The molecule has 1 aliphatic rings. The van der Waals surface area contributed by atoms with Crippen LogP contribution in [0.15, 0.2) is 60.9 Å². The molecule has 136 valence electrons. The summed E-state index contributed by atoms with van der Waals surface area (Å²) in [5.74, 6) is 0.549. The van der Waals surface area contributed by atoms with Gasteiger partial charge in [-0.15, -0.1) is 0 Å². The summed E-state index contributed by atoms with van der Waals surface area (Å²) in [7, 11) is 0. The zero-order valence-electron chi connectivity index (χ0n) is 15.5. The highest BCUT2D eigenvalue weighted by Crippen LogP contribution is 2.32. The molecule has 0 bridgehead atoms. The second-order valence-corrected chi connectivity index (χ2v) is 6.99. The van der Waals surface area contributed by atoms with Gasteiger partial charge in [-0.05, 0) is 37.5 Å². The van der Waals surface area contributed by atoms with Crippen molar-refractivity contribution >= 4 is 17.4 Å². The van der Waals surface area contributed by atoms with E-state index in [1.165, 1.54) is 16.7 Å². The van der Waals surface area contributed by atoms with Crippen molar-refractivity contribution in [2.45, 2.75) is 32.9 Å². The molecule has 1 aliphatic heterocycles. The fourth-order valence-corrected chi connectivity index (χ4v) is 3.54. The highest BCUT2D eigenvalue weighted by molar-refractivity contribution is 6.06. The van der Waals surface area contributed by atoms with Crippen molar-refractivity contribution < 1.29 is 4.79 Å². The van der Waals surface area contributed by atoms with Gasteiger partial charge in [-0.3, -0.25) is 4.79 Å². The molecular formula is C22H22N4O. The molecule has 2 aromatic carbocycles. The third kappa shape index (κ3) is 3.53. The topological polar surface area (TPSA) is 58.1 Å². The molecule has 1 unspecified atom stereocenters. The van der Waals surface area contributed by atoms with E-state index in [1.54, 1.807) is 12.4 Å². The van der Waals surface area contributed by atoms with Crippen LogP contribution in [0.3, 0.4) is 0 Å². The summed E-state index contributed by atoms with van der Waals surface area (Å²) in [5, 5.41) is 3.25. The number of rotatable bonds is 4. The van der Waals surface area contributed by atoms with Crippen LogP contribution in [0.1, 0.15) is 34.1 Å². The molecule has 27 heavy (non-hydrogen) atoms. The van der Waals surface area contributed by atoms with Crippen molar-refractivity contribution in [2.75, 3.05) is 10.2 Å². The SMILES string of the molecule is Cc1cccc(CNc2cnc(C(=O)N3c4ccccc4CC3C)cn2)c1. The minimum absolute atomic E-state index is 0.106. The van der Waals surface area contributed by atoms with E-state index in [1.807, 2.05) is 29.2 Å². The fraction of sp³-hybridized carbons (Fsp3) is 0.227. The molecule has 5 nitrogen and oxygen atoms in total. The van der Waals surface area contributed by atoms with Crippen LogP contribution in [0.5, 0.6) is 0 Å². The Balaban J connectivity index is 1.47. The van der Waals surface area contributed by atoms with Crippen LogP contribution in [-0.4, -0.2) is 21.9 Å². The number of benzene rings is 2. The Hall–Kier alpha value is -3.21. The van der Waals surface area contributed by atoms with Crippen LogP contribution in [0.4, 0.5) is 11.5 Å². The van der Waals surface area contributed by atoms with Gasteiger partial charge < -0.3 is 10.2 Å². The molecule has 0 saturated heterocycles. The van der Waals surface area contributed by atoms with E-state index in [9.17, 15) is 4.79 Å². The zero-order valence-corrected chi connectivity index (χ0v) is 15.5. The molecule has 3 aromatic rings. The summed E-state index contributed by atoms with van der Waals surface area (Å²) in [6, 6.07) is 16.5. The smallest absolute Gasteiger partial charge is 0.278 e. The third-order valence-electron chi connectivity index (χ3n) is 4.85. The summed E-state index contributed by atoms with van der Waals surface area (Å²) in [6.45, 7) is 4.80. The van der Waals surface area contributed by atoms with E-state index >= 15 is 0 Å². The van der Waals surface area contributed by atoms with E-state index in [-0.39, 0.29) is 11.9 Å². The number of amides is 1. The summed E-state index contributed by atoms with van der Waals surface area (Å²) in [6.07, 6.45) is 4.04. The lowest BCUT2D eigenvalue weighted by Gasteiger charge is -2.22. The number of aromatic nitrogens is 2. The molecule has 0 radical (unpaired) electrons. The van der Waals surface area contributed by atoms with E-state index < -0.39 is 0 Å². The molecule has 0 fully saturated rings. The number of carbonyl (C=O) groups excluding carboxylic acids is 1. The normalized spacial score (nSPS) is 15.5. The second-order valence-electron chi connectivity index (χ2n) is 6.99. The van der Waals surface area contributed by atoms with Crippen molar-refractivity contribution in [3.8, 4) is 0 Å². The van der Waals surface area contributed by atoms with Gasteiger partial charge in [0.05, 0.1) is 12.4 Å². The van der Waals surface area contributed by atoms with Gasteiger partial charge in [-0.1, -0.05) is 48.0 Å². The Bertz CT molecular complexity index is 968. The fourth-order valence-electron chi connectivity index (χ4n) is 3.54. The molecule has 1 atom stereocenters. The number of hydrogen-bond acceptors (Lipinski definition) is 4. The first-order chi connectivity index (χ1) is 13.1. The average molecular weight is 358 g/mol. The van der Waals surface area contributed by atoms with Gasteiger partial charge in [0.25, 0.3) is 5.91 Å². The van der Waals surface area contributed by atoms with E-state index in [0.717, 1.165) is 12.1 Å². The minimum atomic E-state index is -0.106. The maximum Gasteiger partial charge on any atom is 0.278 e. The van der Waals surface area contributed by atoms with Gasteiger partial charge in [0.2, 0.25) is 0 Å². The monoisotopic (exact) mass is 358 g/mol. The van der Waals surface area contributed by atoms with Gasteiger partial charge in [0.1, 0.15) is 11.5 Å². The van der Waals surface area contributed by atoms with Crippen LogP contribution in [0, 0.1) is 6.92 Å². The maximum absolute atomic E-state index is 13.0. The van der Waals surface area contributed by atoms with Crippen LogP contribution >= 0.6 is 0 Å². The summed E-state index contributed by atoms with van der Waals surface area (Å²) in [5.41, 5.74) is 4.93. The third-order valence-corrected chi connectivity index (χ3v) is 4.85. The number of hydrogen-bond donors (Lipinski definition) is 1. The molecule has 5 heteroatoms. The van der Waals surface area contributed by atoms with Gasteiger partial charge in [0, 0.05) is 18.3 Å². The predicted molar refractivity (Wildman–Crippen MR) is 107 cm³/mol.